The van der Waals surface area contributed by atoms with Crippen LogP contribution in [0.2, 0.25) is 0 Å². The number of carbonyl (C=O) groups is 2. The Hall–Kier alpha value is -4.62. The number of fused-ring (bicyclic) bond motifs is 1. The fraction of sp³-hybridized carbons (Fsp3) is 0.167. The quantitative estimate of drug-likeness (QED) is 0.0758. The number of ketones is 1. The third-order valence-electron chi connectivity index (χ3n) is 5.59. The summed E-state index contributed by atoms with van der Waals surface area (Å²) in [7, 11) is 0. The number of nitro benzene ring substituents is 1. The molecule has 0 radical (unpaired) electrons. The minimum atomic E-state index is -0.678. The van der Waals surface area contributed by atoms with Crippen molar-refractivity contribution in [1.29, 1.82) is 5.41 Å². The lowest BCUT2D eigenvalue weighted by Gasteiger charge is -2.14. The van der Waals surface area contributed by atoms with Gasteiger partial charge >= 0.3 is 0 Å². The van der Waals surface area contributed by atoms with Crippen LogP contribution in [-0.2, 0) is 0 Å². The van der Waals surface area contributed by atoms with E-state index in [9.17, 15) is 29.9 Å². The summed E-state index contributed by atoms with van der Waals surface area (Å²) in [6.07, 6.45) is 1.49. The normalized spacial score (nSPS) is 11.8. The van der Waals surface area contributed by atoms with E-state index < -0.39 is 28.4 Å². The van der Waals surface area contributed by atoms with Crippen LogP contribution >= 0.6 is 11.5 Å². The number of anilines is 2. The molecule has 0 saturated carbocycles. The molecular weight excluding hydrogens is 500 g/mol. The van der Waals surface area contributed by atoms with Gasteiger partial charge in [-0.1, -0.05) is 12.1 Å². The molecule has 0 spiro atoms. The Labute approximate surface area is 214 Å². The molecule has 0 saturated heterocycles. The van der Waals surface area contributed by atoms with Gasteiger partial charge in [0.2, 0.25) is 5.88 Å². The van der Waals surface area contributed by atoms with Crippen LogP contribution in [0.15, 0.2) is 48.7 Å². The van der Waals surface area contributed by atoms with Crippen LogP contribution in [0.5, 0.6) is 5.88 Å². The number of carbonyl (C=O) groups excluding carboxylic acids is 2. The van der Waals surface area contributed by atoms with Gasteiger partial charge in [-0.2, -0.15) is 4.37 Å². The molecule has 4 aromatic rings. The molecule has 0 aliphatic heterocycles. The highest BCUT2D eigenvalue weighted by Gasteiger charge is 2.25. The minimum Gasteiger partial charge on any atom is -0.492 e. The van der Waals surface area contributed by atoms with E-state index in [1.165, 1.54) is 35.9 Å². The predicted octanol–water partition coefficient (Wildman–Crippen LogP) is 3.64. The van der Waals surface area contributed by atoms with Crippen molar-refractivity contribution in [1.82, 2.24) is 14.3 Å². The van der Waals surface area contributed by atoms with Crippen molar-refractivity contribution in [2.24, 2.45) is 0 Å². The summed E-state index contributed by atoms with van der Waals surface area (Å²) in [5, 5.41) is 46.0. The van der Waals surface area contributed by atoms with E-state index in [1.54, 1.807) is 31.2 Å². The number of aromatic hydroxyl groups is 1. The average molecular weight is 523 g/mol. The van der Waals surface area contributed by atoms with Crippen molar-refractivity contribution in [2.45, 2.75) is 19.9 Å². The van der Waals surface area contributed by atoms with Crippen LogP contribution in [0.1, 0.15) is 40.1 Å². The Kier molecular flexibility index (Phi) is 7.00. The summed E-state index contributed by atoms with van der Waals surface area (Å²) in [5.41, 5.74) is 0.492. The maximum atomic E-state index is 13.3. The molecule has 0 amide bonds. The second kappa shape index (κ2) is 10.2. The number of aromatic nitrogens is 2. The number of nitrogens with one attached hydrogen (secondary N) is 3. The van der Waals surface area contributed by atoms with E-state index in [0.29, 0.717) is 16.5 Å². The fourth-order valence-corrected chi connectivity index (χ4v) is 4.40. The SMILES string of the molecule is CC(=O)c1ccc2ccn(C(=O)c3ccc(Nc4snc(O)c4C(=N)NC(C)CO)cc3[N+](=O)[O-])c2c1. The zero-order valence-electron chi connectivity index (χ0n) is 19.7. The number of aliphatic hydroxyl groups excluding tert-OH is 1. The standard InChI is InChI=1S/C24H22N6O6S/c1-12(11-31)26-21(25)20-22(33)28-37-23(20)27-16-5-6-17(19(10-16)30(35)36)24(34)29-8-7-14-3-4-15(13(2)32)9-18(14)29/h3-10,12,27,31H,11H2,1-2H3,(H2,25,26)(H,28,33). The summed E-state index contributed by atoms with van der Waals surface area (Å²) in [6, 6.07) is 10.1. The maximum Gasteiger partial charge on any atom is 0.284 e. The molecular formula is C24H22N6O6S. The molecule has 0 aliphatic carbocycles. The number of nitrogens with zero attached hydrogens (tertiary/aromatic N) is 3. The average Bonchev–Trinajstić information content (AvgIpc) is 3.46. The number of hydrogen-bond acceptors (Lipinski definition) is 10. The molecule has 13 heteroatoms. The molecule has 4 rings (SSSR count). The first-order chi connectivity index (χ1) is 17.6. The first-order valence-electron chi connectivity index (χ1n) is 11.0. The zero-order chi connectivity index (χ0) is 26.9. The molecule has 12 nitrogen and oxygen atoms in total. The van der Waals surface area contributed by atoms with E-state index in [0.717, 1.165) is 11.5 Å². The molecule has 2 aromatic carbocycles. The molecule has 1 unspecified atom stereocenters. The number of Topliss-reactive ketones (excluding diaryl/α,β-unsaturated/α-hetero) is 1. The highest BCUT2D eigenvalue weighted by Crippen LogP contribution is 2.34. The first kappa shape index (κ1) is 25.5. The highest BCUT2D eigenvalue weighted by atomic mass is 32.1. The molecule has 1 atom stereocenters. The van der Waals surface area contributed by atoms with Gasteiger partial charge in [0.25, 0.3) is 11.6 Å². The predicted molar refractivity (Wildman–Crippen MR) is 138 cm³/mol. The van der Waals surface area contributed by atoms with Crippen LogP contribution in [0.25, 0.3) is 10.9 Å². The fourth-order valence-electron chi connectivity index (χ4n) is 3.68. The van der Waals surface area contributed by atoms with E-state index in [-0.39, 0.29) is 40.0 Å². The van der Waals surface area contributed by atoms with Crippen molar-refractivity contribution in [2.75, 3.05) is 11.9 Å². The maximum absolute atomic E-state index is 13.3. The van der Waals surface area contributed by atoms with E-state index >= 15 is 0 Å². The topological polar surface area (TPSA) is 183 Å². The van der Waals surface area contributed by atoms with Crippen LogP contribution in [0.4, 0.5) is 16.4 Å². The second-order valence-corrected chi connectivity index (χ2v) is 9.02. The van der Waals surface area contributed by atoms with Crippen LogP contribution in [0, 0.1) is 15.5 Å². The lowest BCUT2D eigenvalue weighted by Crippen LogP contribution is -2.35. The lowest BCUT2D eigenvalue weighted by molar-refractivity contribution is -0.385. The second-order valence-electron chi connectivity index (χ2n) is 8.25. The van der Waals surface area contributed by atoms with Gasteiger partial charge in [0.05, 0.1) is 17.0 Å². The third-order valence-corrected chi connectivity index (χ3v) is 6.34. The number of rotatable bonds is 8. The molecule has 5 N–H and O–H groups in total. The van der Waals surface area contributed by atoms with Crippen LogP contribution < -0.4 is 10.6 Å². The lowest BCUT2D eigenvalue weighted by atomic mass is 10.1. The number of hydrogen-bond donors (Lipinski definition) is 5. The van der Waals surface area contributed by atoms with Gasteiger partial charge in [-0.25, -0.2) is 0 Å². The Bertz CT molecular complexity index is 1560. The highest BCUT2D eigenvalue weighted by molar-refractivity contribution is 7.11. The van der Waals surface area contributed by atoms with Crippen LogP contribution in [-0.4, -0.2) is 54.3 Å². The van der Waals surface area contributed by atoms with Crippen molar-refractivity contribution in [3.8, 4) is 5.88 Å². The summed E-state index contributed by atoms with van der Waals surface area (Å²) >= 11 is 0.839. The van der Waals surface area contributed by atoms with Crippen molar-refractivity contribution < 1.29 is 24.7 Å². The van der Waals surface area contributed by atoms with Gasteiger partial charge < -0.3 is 20.8 Å². The monoisotopic (exact) mass is 522 g/mol. The summed E-state index contributed by atoms with van der Waals surface area (Å²) < 4.78 is 5.08. The smallest absolute Gasteiger partial charge is 0.284 e. The van der Waals surface area contributed by atoms with Crippen molar-refractivity contribution in [3.63, 3.8) is 0 Å². The van der Waals surface area contributed by atoms with Gasteiger partial charge in [0, 0.05) is 34.9 Å². The molecule has 2 heterocycles. The Balaban J connectivity index is 1.69. The van der Waals surface area contributed by atoms with E-state index in [2.05, 4.69) is 15.0 Å². The molecule has 0 fully saturated rings. The Morgan fingerprint density at radius 1 is 1.24 bits per heavy atom. The van der Waals surface area contributed by atoms with Crippen molar-refractivity contribution in [3.05, 3.63) is 75.5 Å². The largest absolute Gasteiger partial charge is 0.492 e. The summed E-state index contributed by atoms with van der Waals surface area (Å²) in [4.78, 5) is 36.3. The number of amidine groups is 1. The van der Waals surface area contributed by atoms with Crippen molar-refractivity contribution >= 4 is 56.3 Å². The Morgan fingerprint density at radius 3 is 2.68 bits per heavy atom. The third kappa shape index (κ3) is 5.03. The van der Waals surface area contributed by atoms with E-state index in [1.807, 2.05) is 0 Å². The number of nitro groups is 1. The van der Waals surface area contributed by atoms with Crippen LogP contribution in [0.3, 0.4) is 0 Å². The molecule has 190 valence electrons. The first-order valence-corrected chi connectivity index (χ1v) is 11.7. The van der Waals surface area contributed by atoms with Gasteiger partial charge in [0.15, 0.2) is 5.78 Å². The minimum absolute atomic E-state index is 0.0354. The Morgan fingerprint density at radius 2 is 2.00 bits per heavy atom. The zero-order valence-corrected chi connectivity index (χ0v) is 20.5. The van der Waals surface area contributed by atoms with Gasteiger partial charge in [0.1, 0.15) is 22.0 Å². The molecule has 37 heavy (non-hydrogen) atoms. The van der Waals surface area contributed by atoms with Gasteiger partial charge in [-0.3, -0.25) is 29.7 Å². The molecule has 0 bridgehead atoms. The molecule has 0 aliphatic rings. The summed E-state index contributed by atoms with van der Waals surface area (Å²) in [5.74, 6) is -1.43. The van der Waals surface area contributed by atoms with Gasteiger partial charge in [-0.15, -0.1) is 0 Å². The number of benzene rings is 2. The van der Waals surface area contributed by atoms with E-state index in [4.69, 9.17) is 5.41 Å². The van der Waals surface area contributed by atoms with Gasteiger partial charge in [-0.05, 0) is 49.6 Å². The summed E-state index contributed by atoms with van der Waals surface area (Å²) in [6.45, 7) is 2.82. The number of aliphatic hydroxyl groups is 1. The molecule has 2 aromatic heterocycles.